The van der Waals surface area contributed by atoms with E-state index in [4.69, 9.17) is 5.73 Å². The largest absolute Gasteiger partial charge is 0.327 e. The molecule has 1 saturated carbocycles. The third-order valence-corrected chi connectivity index (χ3v) is 3.64. The Labute approximate surface area is 95.8 Å². The Morgan fingerprint density at radius 1 is 1.20 bits per heavy atom. The van der Waals surface area contributed by atoms with Crippen molar-refractivity contribution in [2.45, 2.75) is 72.3 Å². The molecule has 0 spiro atoms. The van der Waals surface area contributed by atoms with Crippen molar-refractivity contribution in [2.75, 3.05) is 0 Å². The Balaban J connectivity index is 2.27. The zero-order valence-electron chi connectivity index (χ0n) is 11.1. The Morgan fingerprint density at radius 2 is 1.73 bits per heavy atom. The summed E-state index contributed by atoms with van der Waals surface area (Å²) in [4.78, 5) is 0. The molecule has 1 heteroatoms. The normalized spacial score (nSPS) is 23.0. The van der Waals surface area contributed by atoms with Gasteiger partial charge in [-0.3, -0.25) is 0 Å². The number of rotatable bonds is 4. The average molecular weight is 211 g/mol. The third-order valence-electron chi connectivity index (χ3n) is 3.64. The lowest BCUT2D eigenvalue weighted by Gasteiger charge is -2.27. The monoisotopic (exact) mass is 211 g/mol. The number of hydrogen-bond acceptors (Lipinski definition) is 1. The minimum atomic E-state index is 0.453. The first-order valence-corrected chi connectivity index (χ1v) is 6.64. The Bertz CT molecular complexity index is 174. The van der Waals surface area contributed by atoms with Gasteiger partial charge in [0.25, 0.3) is 0 Å². The van der Waals surface area contributed by atoms with E-state index in [2.05, 4.69) is 27.7 Å². The fourth-order valence-corrected chi connectivity index (χ4v) is 3.17. The highest BCUT2D eigenvalue weighted by atomic mass is 14.7. The van der Waals surface area contributed by atoms with Crippen LogP contribution >= 0.6 is 0 Å². The van der Waals surface area contributed by atoms with Crippen LogP contribution in [0.3, 0.4) is 0 Å². The maximum Gasteiger partial charge on any atom is 0.00697 e. The summed E-state index contributed by atoms with van der Waals surface area (Å²) in [7, 11) is 0. The van der Waals surface area contributed by atoms with E-state index in [1.54, 1.807) is 0 Å². The molecule has 1 aliphatic carbocycles. The number of nitrogens with two attached hydrogens (primary N) is 1. The molecule has 0 radical (unpaired) electrons. The summed E-state index contributed by atoms with van der Waals surface area (Å²) in [5.74, 6) is 1.60. The predicted octanol–water partition coefficient (Wildman–Crippen LogP) is 3.97. The van der Waals surface area contributed by atoms with Crippen molar-refractivity contribution < 1.29 is 0 Å². The van der Waals surface area contributed by atoms with Crippen molar-refractivity contribution in [3.63, 3.8) is 0 Å². The van der Waals surface area contributed by atoms with E-state index < -0.39 is 0 Å². The first-order chi connectivity index (χ1) is 6.88. The molecule has 0 amide bonds. The molecule has 0 aliphatic heterocycles. The quantitative estimate of drug-likeness (QED) is 0.748. The first kappa shape index (κ1) is 13.0. The molecule has 1 aliphatic rings. The van der Waals surface area contributed by atoms with E-state index in [1.807, 2.05) is 0 Å². The van der Waals surface area contributed by atoms with Crippen molar-refractivity contribution in [3.05, 3.63) is 0 Å². The molecule has 1 fully saturated rings. The molecular weight excluding hydrogens is 182 g/mol. The molecule has 0 heterocycles. The van der Waals surface area contributed by atoms with Gasteiger partial charge in [-0.2, -0.15) is 0 Å². The summed E-state index contributed by atoms with van der Waals surface area (Å²) in [6.07, 6.45) is 8.10. The van der Waals surface area contributed by atoms with Crippen molar-refractivity contribution in [1.29, 1.82) is 0 Å². The lowest BCUT2D eigenvalue weighted by molar-refractivity contribution is 0.265. The molecule has 0 bridgehead atoms. The Morgan fingerprint density at radius 3 is 2.20 bits per heavy atom. The van der Waals surface area contributed by atoms with Crippen LogP contribution < -0.4 is 5.73 Å². The highest BCUT2D eigenvalue weighted by molar-refractivity contribution is 4.80. The van der Waals surface area contributed by atoms with Crippen LogP contribution in [-0.2, 0) is 0 Å². The molecule has 1 nitrogen and oxygen atoms in total. The van der Waals surface area contributed by atoms with Crippen LogP contribution in [-0.4, -0.2) is 6.04 Å². The van der Waals surface area contributed by atoms with E-state index >= 15 is 0 Å². The van der Waals surface area contributed by atoms with E-state index in [-0.39, 0.29) is 0 Å². The fourth-order valence-electron chi connectivity index (χ4n) is 3.17. The van der Waals surface area contributed by atoms with Gasteiger partial charge in [0, 0.05) is 6.04 Å². The second-order valence-electron chi connectivity index (χ2n) is 6.81. The first-order valence-electron chi connectivity index (χ1n) is 6.64. The second-order valence-corrected chi connectivity index (χ2v) is 6.81. The second kappa shape index (κ2) is 5.34. The molecule has 2 N–H and O–H groups in total. The van der Waals surface area contributed by atoms with Crippen LogP contribution in [0.4, 0.5) is 0 Å². The van der Waals surface area contributed by atoms with Crippen molar-refractivity contribution >= 4 is 0 Å². The highest BCUT2D eigenvalue weighted by Gasteiger charge is 2.24. The lowest BCUT2D eigenvalue weighted by atomic mass is 9.81. The maximum atomic E-state index is 6.30. The van der Waals surface area contributed by atoms with Crippen LogP contribution in [0.1, 0.15) is 66.2 Å². The van der Waals surface area contributed by atoms with Gasteiger partial charge >= 0.3 is 0 Å². The van der Waals surface area contributed by atoms with Gasteiger partial charge in [-0.25, -0.2) is 0 Å². The summed E-state index contributed by atoms with van der Waals surface area (Å²) in [5.41, 5.74) is 6.75. The summed E-state index contributed by atoms with van der Waals surface area (Å²) < 4.78 is 0. The highest BCUT2D eigenvalue weighted by Crippen LogP contribution is 2.32. The van der Waals surface area contributed by atoms with Gasteiger partial charge in [-0.15, -0.1) is 0 Å². The fraction of sp³-hybridized carbons (Fsp3) is 1.00. The SMILES string of the molecule is CC(CC(N)C1CCCC1)CC(C)(C)C. The van der Waals surface area contributed by atoms with E-state index in [9.17, 15) is 0 Å². The molecule has 0 saturated heterocycles. The number of hydrogen-bond donors (Lipinski definition) is 1. The predicted molar refractivity (Wildman–Crippen MR) is 67.8 cm³/mol. The molecule has 90 valence electrons. The van der Waals surface area contributed by atoms with E-state index in [1.165, 1.54) is 38.5 Å². The van der Waals surface area contributed by atoms with Crippen LogP contribution in [0, 0.1) is 17.3 Å². The third kappa shape index (κ3) is 5.01. The molecule has 1 rings (SSSR count). The van der Waals surface area contributed by atoms with Crippen LogP contribution in [0.2, 0.25) is 0 Å². The van der Waals surface area contributed by atoms with Gasteiger partial charge in [-0.05, 0) is 42.9 Å². The molecule has 0 aromatic heterocycles. The van der Waals surface area contributed by atoms with Crippen LogP contribution in [0.15, 0.2) is 0 Å². The summed E-state index contributed by atoms with van der Waals surface area (Å²) in [6, 6.07) is 0.463. The molecule has 2 unspecified atom stereocenters. The molecule has 15 heavy (non-hydrogen) atoms. The smallest absolute Gasteiger partial charge is 0.00697 e. The van der Waals surface area contributed by atoms with Crippen molar-refractivity contribution in [1.82, 2.24) is 0 Å². The van der Waals surface area contributed by atoms with Gasteiger partial charge < -0.3 is 5.73 Å². The molecular formula is C14H29N. The van der Waals surface area contributed by atoms with Gasteiger partial charge in [-0.1, -0.05) is 40.5 Å². The van der Waals surface area contributed by atoms with Gasteiger partial charge in [0.05, 0.1) is 0 Å². The minimum absolute atomic E-state index is 0.453. The van der Waals surface area contributed by atoms with Crippen molar-refractivity contribution in [2.24, 2.45) is 23.0 Å². The van der Waals surface area contributed by atoms with E-state index in [0.29, 0.717) is 11.5 Å². The van der Waals surface area contributed by atoms with E-state index in [0.717, 1.165) is 11.8 Å². The van der Waals surface area contributed by atoms with Gasteiger partial charge in [0.15, 0.2) is 0 Å². The molecule has 2 atom stereocenters. The maximum absolute atomic E-state index is 6.30. The summed E-state index contributed by atoms with van der Waals surface area (Å²) >= 11 is 0. The summed E-state index contributed by atoms with van der Waals surface area (Å²) in [6.45, 7) is 9.33. The van der Waals surface area contributed by atoms with Gasteiger partial charge in [0.2, 0.25) is 0 Å². The lowest BCUT2D eigenvalue weighted by Crippen LogP contribution is -2.31. The Hall–Kier alpha value is -0.0400. The Kier molecular flexibility index (Phi) is 4.64. The molecule has 0 aromatic rings. The van der Waals surface area contributed by atoms with Crippen LogP contribution in [0.25, 0.3) is 0 Å². The van der Waals surface area contributed by atoms with Crippen LogP contribution in [0.5, 0.6) is 0 Å². The minimum Gasteiger partial charge on any atom is -0.327 e. The summed E-state index contributed by atoms with van der Waals surface area (Å²) in [5, 5.41) is 0. The van der Waals surface area contributed by atoms with Crippen molar-refractivity contribution in [3.8, 4) is 0 Å². The topological polar surface area (TPSA) is 26.0 Å². The standard InChI is InChI=1S/C14H29N/c1-11(10-14(2,3)4)9-13(15)12-7-5-6-8-12/h11-13H,5-10,15H2,1-4H3. The van der Waals surface area contributed by atoms with Gasteiger partial charge in [0.1, 0.15) is 0 Å². The average Bonchev–Trinajstić information content (AvgIpc) is 2.50. The molecule has 0 aromatic carbocycles. The zero-order chi connectivity index (χ0) is 11.5. The zero-order valence-corrected chi connectivity index (χ0v) is 11.1.